The molecule has 0 bridgehead atoms. The Hall–Kier alpha value is -3.96. The van der Waals surface area contributed by atoms with E-state index in [9.17, 15) is 14.4 Å². The van der Waals surface area contributed by atoms with Gasteiger partial charge in [0.1, 0.15) is 16.2 Å². The summed E-state index contributed by atoms with van der Waals surface area (Å²) in [6.45, 7) is 2.07. The lowest BCUT2D eigenvalue weighted by Crippen LogP contribution is -2.24. The van der Waals surface area contributed by atoms with Crippen molar-refractivity contribution in [3.8, 4) is 5.75 Å². The molecule has 0 unspecified atom stereocenters. The number of fused-ring (bicyclic) bond motifs is 2. The lowest BCUT2D eigenvalue weighted by Gasteiger charge is -2.13. The van der Waals surface area contributed by atoms with Gasteiger partial charge in [-0.1, -0.05) is 30.0 Å². The first-order valence-corrected chi connectivity index (χ1v) is 13.6. The van der Waals surface area contributed by atoms with Crippen molar-refractivity contribution in [2.45, 2.75) is 24.4 Å². The lowest BCUT2D eigenvalue weighted by atomic mass is 10.2. The van der Waals surface area contributed by atoms with Gasteiger partial charge < -0.3 is 9.64 Å². The summed E-state index contributed by atoms with van der Waals surface area (Å²) in [5, 5.41) is 0.929. The van der Waals surface area contributed by atoms with E-state index < -0.39 is 0 Å². The SMILES string of the molecule is COc1ccc(Cn2c(SCc3cc(=O)n4ccccc4n3)nc3sc(C(=O)N(C)C)c(C)c3c2=O)cc1. The summed E-state index contributed by atoms with van der Waals surface area (Å²) in [5.41, 5.74) is 2.27. The van der Waals surface area contributed by atoms with Gasteiger partial charge in [-0.3, -0.25) is 23.4 Å². The highest BCUT2D eigenvalue weighted by Crippen LogP contribution is 2.31. The predicted octanol–water partition coefficient (Wildman–Crippen LogP) is 3.83. The second kappa shape index (κ2) is 10.4. The quantitative estimate of drug-likeness (QED) is 0.226. The molecule has 0 saturated heterocycles. The van der Waals surface area contributed by atoms with E-state index in [0.29, 0.717) is 42.9 Å². The maximum atomic E-state index is 13.8. The van der Waals surface area contributed by atoms with E-state index >= 15 is 0 Å². The third kappa shape index (κ3) is 4.82. The molecule has 0 atom stereocenters. The molecule has 38 heavy (non-hydrogen) atoms. The van der Waals surface area contributed by atoms with Crippen molar-refractivity contribution in [1.29, 1.82) is 0 Å². The molecule has 5 rings (SSSR count). The van der Waals surface area contributed by atoms with Crippen molar-refractivity contribution >= 4 is 44.9 Å². The molecular formula is C27H25N5O4S2. The van der Waals surface area contributed by atoms with Gasteiger partial charge in [0.25, 0.3) is 17.0 Å². The average molecular weight is 548 g/mol. The van der Waals surface area contributed by atoms with Crippen LogP contribution in [0.2, 0.25) is 0 Å². The van der Waals surface area contributed by atoms with Gasteiger partial charge in [0, 0.05) is 32.1 Å². The number of methoxy groups -OCH3 is 1. The molecule has 5 aromatic rings. The number of nitrogens with zero attached hydrogens (tertiary/aromatic N) is 5. The Morgan fingerprint density at radius 3 is 2.58 bits per heavy atom. The number of rotatable bonds is 7. The van der Waals surface area contributed by atoms with Crippen molar-refractivity contribution in [2.24, 2.45) is 0 Å². The Balaban J connectivity index is 1.59. The Morgan fingerprint density at radius 2 is 1.87 bits per heavy atom. The van der Waals surface area contributed by atoms with Gasteiger partial charge in [0.15, 0.2) is 5.16 Å². The lowest BCUT2D eigenvalue weighted by molar-refractivity contribution is 0.0831. The molecule has 4 heterocycles. The summed E-state index contributed by atoms with van der Waals surface area (Å²) in [6.07, 6.45) is 1.68. The minimum Gasteiger partial charge on any atom is -0.497 e. The van der Waals surface area contributed by atoms with Crippen molar-refractivity contribution in [3.63, 3.8) is 0 Å². The summed E-state index contributed by atoms with van der Waals surface area (Å²) in [7, 11) is 4.97. The van der Waals surface area contributed by atoms with Crippen LogP contribution in [0.5, 0.6) is 5.75 Å². The second-order valence-corrected chi connectivity index (χ2v) is 10.8. The maximum Gasteiger partial charge on any atom is 0.263 e. The van der Waals surface area contributed by atoms with Crippen LogP contribution in [-0.4, -0.2) is 50.9 Å². The first kappa shape index (κ1) is 25.7. The number of aromatic nitrogens is 4. The molecule has 0 aliphatic carbocycles. The zero-order chi connectivity index (χ0) is 27.0. The number of aryl methyl sites for hydroxylation is 1. The minimum atomic E-state index is -0.216. The van der Waals surface area contributed by atoms with Crippen molar-refractivity contribution in [2.75, 3.05) is 21.2 Å². The van der Waals surface area contributed by atoms with Crippen LogP contribution in [0.4, 0.5) is 0 Å². The summed E-state index contributed by atoms with van der Waals surface area (Å²) in [4.78, 5) is 51.1. The predicted molar refractivity (Wildman–Crippen MR) is 150 cm³/mol. The molecule has 0 spiro atoms. The number of thioether (sulfide) groups is 1. The molecule has 0 aliphatic heterocycles. The topological polar surface area (TPSA) is 98.8 Å². The van der Waals surface area contributed by atoms with Crippen molar-refractivity contribution in [3.05, 3.63) is 97.1 Å². The average Bonchev–Trinajstić information content (AvgIpc) is 3.25. The van der Waals surface area contributed by atoms with E-state index in [0.717, 1.165) is 11.3 Å². The number of hydrogen-bond donors (Lipinski definition) is 0. The minimum absolute atomic E-state index is 0.165. The highest BCUT2D eigenvalue weighted by molar-refractivity contribution is 7.98. The van der Waals surface area contributed by atoms with Gasteiger partial charge in [-0.2, -0.15) is 0 Å². The zero-order valence-corrected chi connectivity index (χ0v) is 22.9. The number of hydrogen-bond acceptors (Lipinski definition) is 8. The number of carbonyl (C=O) groups excluding carboxylic acids is 1. The monoisotopic (exact) mass is 547 g/mol. The fourth-order valence-electron chi connectivity index (χ4n) is 4.08. The van der Waals surface area contributed by atoms with Gasteiger partial charge in [0.05, 0.1) is 29.6 Å². The number of thiophene rings is 1. The van der Waals surface area contributed by atoms with Crippen LogP contribution in [0.15, 0.2) is 69.5 Å². The molecule has 0 aliphatic rings. The fourth-order valence-corrected chi connectivity index (χ4v) is 6.22. The first-order valence-electron chi connectivity index (χ1n) is 11.8. The number of carbonyl (C=O) groups is 1. The van der Waals surface area contributed by atoms with Gasteiger partial charge in [-0.15, -0.1) is 11.3 Å². The number of benzene rings is 1. The second-order valence-electron chi connectivity index (χ2n) is 8.87. The Labute approximate surface area is 226 Å². The molecular weight excluding hydrogens is 522 g/mol. The molecule has 1 aromatic carbocycles. The molecule has 1 amide bonds. The third-order valence-corrected chi connectivity index (χ3v) is 8.27. The van der Waals surface area contributed by atoms with Gasteiger partial charge in [-0.25, -0.2) is 9.97 Å². The molecule has 0 fully saturated rings. The molecule has 0 saturated carbocycles. The largest absolute Gasteiger partial charge is 0.497 e. The smallest absolute Gasteiger partial charge is 0.263 e. The van der Waals surface area contributed by atoms with Crippen molar-refractivity contribution < 1.29 is 9.53 Å². The summed E-state index contributed by atoms with van der Waals surface area (Å²) < 4.78 is 8.36. The molecule has 0 radical (unpaired) electrons. The van der Waals surface area contributed by atoms with Crippen LogP contribution in [-0.2, 0) is 12.3 Å². The normalized spacial score (nSPS) is 11.3. The van der Waals surface area contributed by atoms with E-state index in [1.165, 1.54) is 38.5 Å². The van der Waals surface area contributed by atoms with E-state index in [4.69, 9.17) is 9.72 Å². The van der Waals surface area contributed by atoms with Crippen LogP contribution in [0.3, 0.4) is 0 Å². The van der Waals surface area contributed by atoms with Crippen LogP contribution in [0.1, 0.15) is 26.5 Å². The molecule has 11 heteroatoms. The molecule has 194 valence electrons. The Morgan fingerprint density at radius 1 is 1.11 bits per heavy atom. The van der Waals surface area contributed by atoms with Crippen LogP contribution in [0, 0.1) is 6.92 Å². The Bertz CT molecular complexity index is 1790. The molecule has 4 aromatic heterocycles. The summed E-state index contributed by atoms with van der Waals surface area (Å²) >= 11 is 2.55. The van der Waals surface area contributed by atoms with Crippen LogP contribution in [0.25, 0.3) is 15.9 Å². The number of ether oxygens (including phenoxy) is 1. The van der Waals surface area contributed by atoms with E-state index in [1.807, 2.05) is 30.3 Å². The van der Waals surface area contributed by atoms with Crippen LogP contribution < -0.4 is 15.9 Å². The molecule has 0 N–H and O–H groups in total. The number of amides is 1. The summed E-state index contributed by atoms with van der Waals surface area (Å²) in [5.74, 6) is 0.898. The van der Waals surface area contributed by atoms with E-state index in [-0.39, 0.29) is 23.6 Å². The third-order valence-electron chi connectivity index (χ3n) is 6.09. The zero-order valence-electron chi connectivity index (χ0n) is 21.3. The standard InChI is InChI=1S/C27H25N5O4S2/c1-16-22-24(38-23(16)26(35)30(2)3)29-27(32(25(22)34)14-17-8-10-19(36-4)11-9-17)37-15-18-13-21(33)31-12-6-5-7-20(31)28-18/h5-13H,14-15H2,1-4H3. The Kier molecular flexibility index (Phi) is 7.04. The van der Waals surface area contributed by atoms with Crippen molar-refractivity contribution in [1.82, 2.24) is 23.8 Å². The van der Waals surface area contributed by atoms with Gasteiger partial charge >= 0.3 is 0 Å². The highest BCUT2D eigenvalue weighted by atomic mass is 32.2. The fraction of sp³-hybridized carbons (Fsp3) is 0.222. The maximum absolute atomic E-state index is 13.8. The molecule has 9 nitrogen and oxygen atoms in total. The van der Waals surface area contributed by atoms with Gasteiger partial charge in [0.2, 0.25) is 0 Å². The van der Waals surface area contributed by atoms with Gasteiger partial charge in [-0.05, 0) is 42.3 Å². The first-order chi connectivity index (χ1) is 18.3. The van der Waals surface area contributed by atoms with E-state index in [2.05, 4.69) is 4.98 Å². The number of pyridine rings is 1. The highest BCUT2D eigenvalue weighted by Gasteiger charge is 2.23. The van der Waals surface area contributed by atoms with Crippen LogP contribution >= 0.6 is 23.1 Å². The summed E-state index contributed by atoms with van der Waals surface area (Å²) in [6, 6.07) is 14.4. The van der Waals surface area contributed by atoms with E-state index in [1.54, 1.807) is 51.0 Å².